The highest BCUT2D eigenvalue weighted by Gasteiger charge is 2.36. The Morgan fingerprint density at radius 2 is 1.93 bits per heavy atom. The molecule has 0 aliphatic heterocycles. The second-order valence-electron chi connectivity index (χ2n) is 6.74. The van der Waals surface area contributed by atoms with Crippen LogP contribution in [0.5, 0.6) is 5.75 Å². The molecule has 30 heavy (non-hydrogen) atoms. The van der Waals surface area contributed by atoms with Crippen LogP contribution in [0.3, 0.4) is 0 Å². The van der Waals surface area contributed by atoms with Crippen LogP contribution in [0.15, 0.2) is 30.5 Å². The number of para-hydroxylation sites is 1. The molecule has 2 aromatic heterocycles. The average Bonchev–Trinajstić information content (AvgIpc) is 2.65. The maximum absolute atomic E-state index is 13.6. The topological polar surface area (TPSA) is 86.0 Å². The number of nitrogens with two attached hydrogens (primary N) is 1. The first kappa shape index (κ1) is 22.3. The van der Waals surface area contributed by atoms with E-state index in [2.05, 4.69) is 20.3 Å². The normalized spacial score (nSPS) is 13.9. The molecule has 0 aliphatic carbocycles. The molecule has 6 nitrogen and oxygen atoms in total. The Kier molecular flexibility index (Phi) is 6.54. The number of fused-ring (bicyclic) bond motifs is 1. The van der Waals surface area contributed by atoms with Gasteiger partial charge >= 0.3 is 6.18 Å². The van der Waals surface area contributed by atoms with Crippen molar-refractivity contribution >= 4 is 39.9 Å². The maximum Gasteiger partial charge on any atom is 0.419 e. The van der Waals surface area contributed by atoms with Crippen molar-refractivity contribution < 1.29 is 17.9 Å². The van der Waals surface area contributed by atoms with E-state index in [9.17, 15) is 13.2 Å². The number of pyridine rings is 1. The van der Waals surface area contributed by atoms with Gasteiger partial charge in [0, 0.05) is 17.0 Å². The van der Waals surface area contributed by atoms with E-state index in [1.807, 2.05) is 0 Å². The highest BCUT2D eigenvalue weighted by Crippen LogP contribution is 2.41. The summed E-state index contributed by atoms with van der Waals surface area (Å²) in [5.41, 5.74) is 5.51. The predicted molar refractivity (Wildman–Crippen MR) is 110 cm³/mol. The highest BCUT2D eigenvalue weighted by atomic mass is 35.5. The lowest BCUT2D eigenvalue weighted by atomic mass is 10.0. The summed E-state index contributed by atoms with van der Waals surface area (Å²) in [5.74, 6) is 0.0174. The van der Waals surface area contributed by atoms with E-state index in [4.69, 9.17) is 33.7 Å². The molecular weight excluding hydrogens is 442 g/mol. The van der Waals surface area contributed by atoms with Gasteiger partial charge in [-0.15, -0.1) is 0 Å². The van der Waals surface area contributed by atoms with Crippen LogP contribution in [0.1, 0.15) is 31.0 Å². The van der Waals surface area contributed by atoms with Gasteiger partial charge in [0.1, 0.15) is 23.3 Å². The summed E-state index contributed by atoms with van der Waals surface area (Å²) < 4.78 is 46.1. The van der Waals surface area contributed by atoms with E-state index >= 15 is 0 Å². The van der Waals surface area contributed by atoms with Crippen molar-refractivity contribution in [2.45, 2.75) is 32.1 Å². The maximum atomic E-state index is 13.6. The molecule has 0 saturated heterocycles. The number of ether oxygens (including phenoxy) is 1. The zero-order valence-electron chi connectivity index (χ0n) is 16.0. The SMILES string of the molecule is C[C@@H](N)COc1c([C@@H](C)Nc2nc(Cl)nc3cnc(Cl)cc23)cccc1C(F)(F)F. The van der Waals surface area contributed by atoms with E-state index in [-0.39, 0.29) is 28.4 Å². The van der Waals surface area contributed by atoms with Crippen molar-refractivity contribution in [1.82, 2.24) is 15.0 Å². The Balaban J connectivity index is 2.04. The van der Waals surface area contributed by atoms with Crippen LogP contribution in [0.25, 0.3) is 10.9 Å². The molecule has 0 aliphatic rings. The van der Waals surface area contributed by atoms with Gasteiger partial charge in [-0.2, -0.15) is 13.2 Å². The third kappa shape index (κ3) is 5.03. The molecule has 0 fully saturated rings. The third-order valence-electron chi connectivity index (χ3n) is 4.18. The van der Waals surface area contributed by atoms with Crippen molar-refractivity contribution in [3.63, 3.8) is 0 Å². The zero-order valence-corrected chi connectivity index (χ0v) is 17.5. The fourth-order valence-corrected chi connectivity index (χ4v) is 3.20. The largest absolute Gasteiger partial charge is 0.491 e. The quantitative estimate of drug-likeness (QED) is 0.386. The Morgan fingerprint density at radius 3 is 2.60 bits per heavy atom. The second kappa shape index (κ2) is 8.79. The standard InChI is InChI=1S/C19H18Cl2F3N5O/c1-9(25)8-30-16-11(4-3-5-13(16)19(22,23)24)10(2)27-17-12-6-15(20)26-7-14(12)28-18(21)29-17/h3-7,9-10H,8,25H2,1-2H3,(H,27,28,29)/t9-,10-/m1/s1. The second-order valence-corrected chi connectivity index (χ2v) is 7.47. The molecule has 0 unspecified atom stereocenters. The average molecular weight is 460 g/mol. The number of alkyl halides is 3. The first-order chi connectivity index (χ1) is 14.1. The van der Waals surface area contributed by atoms with Crippen molar-refractivity contribution in [2.24, 2.45) is 5.73 Å². The number of halogens is 5. The van der Waals surface area contributed by atoms with Gasteiger partial charge in [0.15, 0.2) is 0 Å². The van der Waals surface area contributed by atoms with Gasteiger partial charge in [0.2, 0.25) is 5.28 Å². The molecule has 0 bridgehead atoms. The summed E-state index contributed by atoms with van der Waals surface area (Å²) in [6, 6.07) is 4.30. The third-order valence-corrected chi connectivity index (χ3v) is 4.56. The molecule has 3 aromatic rings. The van der Waals surface area contributed by atoms with Crippen LogP contribution in [0.2, 0.25) is 10.4 Å². The fraction of sp³-hybridized carbons (Fsp3) is 0.316. The van der Waals surface area contributed by atoms with E-state index in [0.717, 1.165) is 6.07 Å². The van der Waals surface area contributed by atoms with Crippen molar-refractivity contribution in [2.75, 3.05) is 11.9 Å². The molecule has 2 atom stereocenters. The van der Waals surface area contributed by atoms with E-state index in [0.29, 0.717) is 16.7 Å². The van der Waals surface area contributed by atoms with Gasteiger partial charge in [0.05, 0.1) is 23.3 Å². The van der Waals surface area contributed by atoms with Gasteiger partial charge in [-0.05, 0) is 37.6 Å². The lowest BCUT2D eigenvalue weighted by Gasteiger charge is -2.23. The molecular formula is C19H18Cl2F3N5O. The van der Waals surface area contributed by atoms with Crippen LogP contribution in [0.4, 0.5) is 19.0 Å². The Hall–Kier alpha value is -2.36. The van der Waals surface area contributed by atoms with Gasteiger partial charge in [-0.3, -0.25) is 0 Å². The number of aromatic nitrogens is 3. The minimum Gasteiger partial charge on any atom is -0.491 e. The highest BCUT2D eigenvalue weighted by molar-refractivity contribution is 6.30. The van der Waals surface area contributed by atoms with Gasteiger partial charge in [-0.25, -0.2) is 15.0 Å². The number of nitrogens with one attached hydrogen (secondary N) is 1. The number of hydrogen-bond acceptors (Lipinski definition) is 6. The van der Waals surface area contributed by atoms with Gasteiger partial charge in [0.25, 0.3) is 0 Å². The van der Waals surface area contributed by atoms with Gasteiger partial charge in [-0.1, -0.05) is 23.7 Å². The molecule has 160 valence electrons. The van der Waals surface area contributed by atoms with Crippen molar-refractivity contribution in [3.05, 3.63) is 52.0 Å². The molecule has 1 aromatic carbocycles. The lowest BCUT2D eigenvalue weighted by Crippen LogP contribution is -2.25. The summed E-state index contributed by atoms with van der Waals surface area (Å²) in [6.07, 6.45) is -3.16. The Morgan fingerprint density at radius 1 is 1.20 bits per heavy atom. The first-order valence-electron chi connectivity index (χ1n) is 8.90. The fourth-order valence-electron chi connectivity index (χ4n) is 2.87. The number of hydrogen-bond donors (Lipinski definition) is 2. The van der Waals surface area contributed by atoms with E-state index in [1.165, 1.54) is 12.3 Å². The molecule has 3 N–H and O–H groups in total. The van der Waals surface area contributed by atoms with Crippen LogP contribution >= 0.6 is 23.2 Å². The number of benzene rings is 1. The summed E-state index contributed by atoms with van der Waals surface area (Å²) in [6.45, 7) is 3.25. The predicted octanol–water partition coefficient (Wildman–Crippen LogP) is 5.25. The van der Waals surface area contributed by atoms with Crippen LogP contribution in [0, 0.1) is 0 Å². The molecule has 0 saturated carbocycles. The zero-order chi connectivity index (χ0) is 22.1. The summed E-state index contributed by atoms with van der Waals surface area (Å²) in [5, 5.41) is 3.77. The van der Waals surface area contributed by atoms with Crippen molar-refractivity contribution in [1.29, 1.82) is 0 Å². The van der Waals surface area contributed by atoms with Crippen molar-refractivity contribution in [3.8, 4) is 5.75 Å². The monoisotopic (exact) mass is 459 g/mol. The van der Waals surface area contributed by atoms with Crippen LogP contribution in [-0.4, -0.2) is 27.6 Å². The van der Waals surface area contributed by atoms with E-state index < -0.39 is 23.8 Å². The summed E-state index contributed by atoms with van der Waals surface area (Å²) in [7, 11) is 0. The van der Waals surface area contributed by atoms with Gasteiger partial charge < -0.3 is 15.8 Å². The minimum atomic E-state index is -4.59. The summed E-state index contributed by atoms with van der Waals surface area (Å²) >= 11 is 12.0. The molecule has 3 rings (SSSR count). The van der Waals surface area contributed by atoms with E-state index in [1.54, 1.807) is 26.0 Å². The minimum absolute atomic E-state index is 0.0428. The smallest absolute Gasteiger partial charge is 0.419 e. The number of nitrogens with zero attached hydrogens (tertiary/aromatic N) is 3. The Bertz CT molecular complexity index is 1060. The first-order valence-corrected chi connectivity index (χ1v) is 9.65. The molecule has 0 radical (unpaired) electrons. The molecule has 0 amide bonds. The molecule has 11 heteroatoms. The Labute approximate surface area is 180 Å². The molecule has 0 spiro atoms. The number of rotatable bonds is 6. The summed E-state index contributed by atoms with van der Waals surface area (Å²) in [4.78, 5) is 12.2. The van der Waals surface area contributed by atoms with Crippen LogP contribution in [-0.2, 0) is 6.18 Å². The molecule has 2 heterocycles. The van der Waals surface area contributed by atoms with Crippen LogP contribution < -0.4 is 15.8 Å². The number of anilines is 1. The lowest BCUT2D eigenvalue weighted by molar-refractivity contribution is -0.139.